The average molecular weight is 250 g/mol. The fourth-order valence-corrected chi connectivity index (χ4v) is 1.71. The minimum Gasteiger partial charge on any atom is -0.389 e. The molecule has 0 bridgehead atoms. The zero-order valence-corrected chi connectivity index (χ0v) is 9.96. The number of anilines is 2. The lowest BCUT2D eigenvalue weighted by Gasteiger charge is -2.09. The Balaban J connectivity index is 2.39. The molecule has 0 amide bonds. The third kappa shape index (κ3) is 2.42. The van der Waals surface area contributed by atoms with E-state index in [4.69, 9.17) is 18.0 Å². The molecule has 1 heterocycles. The third-order valence-electron chi connectivity index (χ3n) is 2.24. The van der Waals surface area contributed by atoms with Crippen molar-refractivity contribution in [1.29, 1.82) is 0 Å². The number of rotatable bonds is 3. The van der Waals surface area contributed by atoms with Gasteiger partial charge in [-0.3, -0.25) is 4.68 Å². The quantitative estimate of drug-likeness (QED) is 0.817. The van der Waals surface area contributed by atoms with Gasteiger partial charge in [-0.25, -0.2) is 4.39 Å². The van der Waals surface area contributed by atoms with Crippen LogP contribution in [-0.2, 0) is 7.05 Å². The molecular weight excluding hydrogens is 239 g/mol. The van der Waals surface area contributed by atoms with Crippen molar-refractivity contribution in [3.8, 4) is 0 Å². The summed E-state index contributed by atoms with van der Waals surface area (Å²) in [6.45, 7) is 0. The summed E-state index contributed by atoms with van der Waals surface area (Å²) in [6, 6.07) is 6.38. The smallest absolute Gasteiger partial charge is 0.152 e. The van der Waals surface area contributed by atoms with E-state index in [9.17, 15) is 4.39 Å². The van der Waals surface area contributed by atoms with Crippen molar-refractivity contribution in [3.05, 3.63) is 41.8 Å². The molecule has 0 saturated carbocycles. The Hall–Kier alpha value is -1.95. The highest BCUT2D eigenvalue weighted by atomic mass is 32.1. The largest absolute Gasteiger partial charge is 0.389 e. The summed E-state index contributed by atoms with van der Waals surface area (Å²) in [4.78, 5) is 0.0153. The van der Waals surface area contributed by atoms with Crippen molar-refractivity contribution in [3.63, 3.8) is 0 Å². The molecule has 0 aliphatic heterocycles. The Bertz CT molecular complexity index is 564. The summed E-state index contributed by atoms with van der Waals surface area (Å²) in [5.41, 5.74) is 6.21. The van der Waals surface area contributed by atoms with Crippen LogP contribution in [0, 0.1) is 5.82 Å². The maximum absolute atomic E-state index is 13.6. The molecule has 0 aliphatic carbocycles. The van der Waals surface area contributed by atoms with Crippen molar-refractivity contribution in [2.24, 2.45) is 12.8 Å². The number of thiocarbonyl (C=S) groups is 1. The number of hydrogen-bond donors (Lipinski definition) is 2. The van der Waals surface area contributed by atoms with E-state index in [-0.39, 0.29) is 10.6 Å². The van der Waals surface area contributed by atoms with Crippen LogP contribution in [-0.4, -0.2) is 14.8 Å². The highest BCUT2D eigenvalue weighted by Crippen LogP contribution is 2.22. The van der Waals surface area contributed by atoms with Gasteiger partial charge in [0.25, 0.3) is 0 Å². The maximum Gasteiger partial charge on any atom is 0.152 e. The van der Waals surface area contributed by atoms with E-state index in [2.05, 4.69) is 10.4 Å². The van der Waals surface area contributed by atoms with Crippen molar-refractivity contribution in [2.45, 2.75) is 0 Å². The van der Waals surface area contributed by atoms with Crippen LogP contribution in [0.25, 0.3) is 0 Å². The van der Waals surface area contributed by atoms with Crippen LogP contribution >= 0.6 is 12.2 Å². The zero-order chi connectivity index (χ0) is 12.4. The van der Waals surface area contributed by atoms with E-state index in [1.165, 1.54) is 6.07 Å². The van der Waals surface area contributed by atoms with Crippen molar-refractivity contribution in [2.75, 3.05) is 5.32 Å². The number of benzene rings is 1. The summed E-state index contributed by atoms with van der Waals surface area (Å²) in [6.07, 6.45) is 1.78. The Morgan fingerprint density at radius 3 is 2.82 bits per heavy atom. The van der Waals surface area contributed by atoms with E-state index >= 15 is 0 Å². The Morgan fingerprint density at radius 2 is 2.24 bits per heavy atom. The van der Waals surface area contributed by atoms with Crippen LogP contribution in [0.4, 0.5) is 15.9 Å². The summed E-state index contributed by atoms with van der Waals surface area (Å²) in [5, 5.41) is 7.11. The zero-order valence-electron chi connectivity index (χ0n) is 9.14. The molecular formula is C11H11FN4S. The lowest BCUT2D eigenvalue weighted by atomic mass is 10.1. The fraction of sp³-hybridized carbons (Fsp3) is 0.0909. The van der Waals surface area contributed by atoms with Crippen molar-refractivity contribution in [1.82, 2.24) is 9.78 Å². The molecule has 2 rings (SSSR count). The van der Waals surface area contributed by atoms with E-state index in [1.54, 1.807) is 36.1 Å². The molecule has 0 atom stereocenters. The van der Waals surface area contributed by atoms with Gasteiger partial charge in [-0.2, -0.15) is 5.10 Å². The van der Waals surface area contributed by atoms with Gasteiger partial charge in [-0.1, -0.05) is 18.3 Å². The number of halogens is 1. The second-order valence-corrected chi connectivity index (χ2v) is 3.97. The van der Waals surface area contributed by atoms with Crippen LogP contribution in [0.5, 0.6) is 0 Å². The van der Waals surface area contributed by atoms with Gasteiger partial charge in [-0.05, 0) is 12.1 Å². The molecule has 17 heavy (non-hydrogen) atoms. The van der Waals surface area contributed by atoms with Crippen LogP contribution < -0.4 is 11.1 Å². The number of aryl methyl sites for hydroxylation is 1. The molecule has 6 heteroatoms. The standard InChI is InChI=1S/C11H11FN4S/c1-16-6-5-9(15-16)14-8-4-2-3-7(12)10(8)11(13)17/h2-6H,1H3,(H2,13,17)(H,14,15). The van der Waals surface area contributed by atoms with Crippen molar-refractivity contribution < 1.29 is 4.39 Å². The number of aromatic nitrogens is 2. The first-order chi connectivity index (χ1) is 8.08. The Labute approximate surface area is 103 Å². The minimum atomic E-state index is -0.446. The van der Waals surface area contributed by atoms with Crippen molar-refractivity contribution >= 4 is 28.7 Å². The number of nitrogens with one attached hydrogen (secondary N) is 1. The van der Waals surface area contributed by atoms with E-state index in [0.717, 1.165) is 0 Å². The third-order valence-corrected chi connectivity index (χ3v) is 2.44. The number of nitrogens with two attached hydrogens (primary N) is 1. The molecule has 0 saturated heterocycles. The molecule has 1 aromatic heterocycles. The predicted octanol–water partition coefficient (Wildman–Crippen LogP) is 1.94. The highest BCUT2D eigenvalue weighted by Gasteiger charge is 2.11. The molecule has 88 valence electrons. The molecule has 0 fully saturated rings. The number of hydrogen-bond acceptors (Lipinski definition) is 3. The van der Waals surface area contributed by atoms with Gasteiger partial charge in [0.1, 0.15) is 10.8 Å². The first kappa shape index (κ1) is 11.5. The lowest BCUT2D eigenvalue weighted by molar-refractivity contribution is 0.626. The van der Waals surface area contributed by atoms with Gasteiger partial charge >= 0.3 is 0 Å². The Kier molecular flexibility index (Phi) is 3.06. The van der Waals surface area contributed by atoms with Gasteiger partial charge in [0.2, 0.25) is 0 Å². The SMILES string of the molecule is Cn1ccc(Nc2cccc(F)c2C(N)=S)n1. The van der Waals surface area contributed by atoms with Gasteiger partial charge in [-0.15, -0.1) is 0 Å². The summed E-state index contributed by atoms with van der Waals surface area (Å²) in [5.74, 6) is 0.161. The first-order valence-corrected chi connectivity index (χ1v) is 5.34. The summed E-state index contributed by atoms with van der Waals surface area (Å²) >= 11 is 4.83. The molecule has 2 aromatic rings. The number of nitrogens with zero attached hydrogens (tertiary/aromatic N) is 2. The molecule has 0 unspecified atom stereocenters. The predicted molar refractivity (Wildman–Crippen MR) is 68.8 cm³/mol. The molecule has 0 aliphatic rings. The lowest BCUT2D eigenvalue weighted by Crippen LogP contribution is -2.14. The van der Waals surface area contributed by atoms with E-state index in [0.29, 0.717) is 11.5 Å². The first-order valence-electron chi connectivity index (χ1n) is 4.93. The second-order valence-electron chi connectivity index (χ2n) is 3.53. The minimum absolute atomic E-state index is 0.0153. The van der Waals surface area contributed by atoms with Crippen LogP contribution in [0.1, 0.15) is 5.56 Å². The topological polar surface area (TPSA) is 55.9 Å². The molecule has 0 radical (unpaired) electrons. The van der Waals surface area contributed by atoms with Gasteiger partial charge in [0.05, 0.1) is 11.3 Å². The van der Waals surface area contributed by atoms with Crippen LogP contribution in [0.2, 0.25) is 0 Å². The average Bonchev–Trinajstić information content (AvgIpc) is 2.63. The normalized spacial score (nSPS) is 10.2. The molecule has 4 nitrogen and oxygen atoms in total. The monoisotopic (exact) mass is 250 g/mol. The van der Waals surface area contributed by atoms with Gasteiger partial charge in [0.15, 0.2) is 5.82 Å². The van der Waals surface area contributed by atoms with Gasteiger partial charge in [0, 0.05) is 19.3 Å². The van der Waals surface area contributed by atoms with Crippen LogP contribution in [0.3, 0.4) is 0 Å². The molecule has 0 spiro atoms. The highest BCUT2D eigenvalue weighted by molar-refractivity contribution is 7.80. The Morgan fingerprint density at radius 1 is 1.47 bits per heavy atom. The van der Waals surface area contributed by atoms with Crippen LogP contribution in [0.15, 0.2) is 30.5 Å². The van der Waals surface area contributed by atoms with Gasteiger partial charge < -0.3 is 11.1 Å². The van der Waals surface area contributed by atoms with E-state index < -0.39 is 5.82 Å². The summed E-state index contributed by atoms with van der Waals surface area (Å²) < 4.78 is 15.2. The summed E-state index contributed by atoms with van der Waals surface area (Å²) in [7, 11) is 1.80. The fourth-order valence-electron chi connectivity index (χ4n) is 1.50. The maximum atomic E-state index is 13.6. The molecule has 3 N–H and O–H groups in total. The van der Waals surface area contributed by atoms with E-state index in [1.807, 2.05) is 0 Å². The second kappa shape index (κ2) is 4.50. The molecule has 1 aromatic carbocycles.